The summed E-state index contributed by atoms with van der Waals surface area (Å²) in [7, 11) is 1.62. The van der Waals surface area contributed by atoms with Gasteiger partial charge in [-0.15, -0.1) is 0 Å². The summed E-state index contributed by atoms with van der Waals surface area (Å²) >= 11 is 0. The van der Waals surface area contributed by atoms with Crippen LogP contribution in [0.4, 0.5) is 10.1 Å². The minimum atomic E-state index is -0.496. The molecule has 2 aliphatic heterocycles. The molecule has 0 radical (unpaired) electrons. The van der Waals surface area contributed by atoms with Crippen LogP contribution in [0.1, 0.15) is 24.8 Å². The van der Waals surface area contributed by atoms with Crippen molar-refractivity contribution in [3.8, 4) is 5.75 Å². The molecule has 2 aromatic carbocycles. The quantitative estimate of drug-likeness (QED) is 0.655. The lowest BCUT2D eigenvalue weighted by Gasteiger charge is -2.25. The van der Waals surface area contributed by atoms with Gasteiger partial charge < -0.3 is 19.4 Å². The number of nitrogens with zero attached hydrogens (tertiary/aromatic N) is 3. The fourth-order valence-electron chi connectivity index (χ4n) is 4.62. The van der Waals surface area contributed by atoms with E-state index in [4.69, 9.17) is 4.74 Å². The molecule has 0 aliphatic carbocycles. The van der Waals surface area contributed by atoms with Crippen LogP contribution in [0, 0.1) is 11.7 Å². The lowest BCUT2D eigenvalue weighted by atomic mass is 10.1. The fourth-order valence-corrected chi connectivity index (χ4v) is 4.62. The number of halogens is 1. The van der Waals surface area contributed by atoms with E-state index in [0.29, 0.717) is 45.4 Å². The van der Waals surface area contributed by atoms with Gasteiger partial charge in [-0.1, -0.05) is 24.3 Å². The molecule has 180 valence electrons. The summed E-state index contributed by atoms with van der Waals surface area (Å²) in [5.74, 6) is -0.444. The Bertz CT molecular complexity index is 1040. The van der Waals surface area contributed by atoms with Crippen LogP contribution in [-0.4, -0.2) is 67.4 Å². The minimum Gasteiger partial charge on any atom is -0.497 e. The molecule has 2 aliphatic rings. The van der Waals surface area contributed by atoms with Gasteiger partial charge in [-0.3, -0.25) is 14.4 Å². The van der Waals surface area contributed by atoms with E-state index in [-0.39, 0.29) is 36.4 Å². The highest BCUT2D eigenvalue weighted by atomic mass is 19.1. The van der Waals surface area contributed by atoms with Crippen molar-refractivity contribution in [3.05, 3.63) is 59.9 Å². The van der Waals surface area contributed by atoms with Crippen LogP contribution < -0.4 is 9.64 Å². The average molecular weight is 468 g/mol. The molecule has 2 saturated heterocycles. The zero-order chi connectivity index (χ0) is 24.1. The first-order valence-corrected chi connectivity index (χ1v) is 11.7. The largest absolute Gasteiger partial charge is 0.497 e. The number of para-hydroxylation sites is 1. The van der Waals surface area contributed by atoms with Crippen molar-refractivity contribution < 1.29 is 23.5 Å². The molecule has 2 aromatic rings. The van der Waals surface area contributed by atoms with Crippen LogP contribution in [0.15, 0.2) is 48.5 Å². The van der Waals surface area contributed by atoms with Crippen molar-refractivity contribution >= 4 is 23.4 Å². The molecule has 34 heavy (non-hydrogen) atoms. The first-order valence-electron chi connectivity index (χ1n) is 11.7. The number of carbonyl (C=O) groups excluding carboxylic acids is 3. The topological polar surface area (TPSA) is 70.2 Å². The Morgan fingerprint density at radius 3 is 2.44 bits per heavy atom. The number of carbonyl (C=O) groups is 3. The maximum Gasteiger partial charge on any atom is 0.228 e. The Kier molecular flexibility index (Phi) is 7.45. The number of amides is 3. The summed E-state index contributed by atoms with van der Waals surface area (Å²) in [6.07, 6.45) is 1.83. The number of rotatable bonds is 6. The van der Waals surface area contributed by atoms with Crippen LogP contribution in [-0.2, 0) is 20.8 Å². The Morgan fingerprint density at radius 1 is 1.00 bits per heavy atom. The highest BCUT2D eigenvalue weighted by Gasteiger charge is 2.38. The molecular weight excluding hydrogens is 437 g/mol. The molecule has 0 aromatic heterocycles. The van der Waals surface area contributed by atoms with Crippen molar-refractivity contribution in [1.29, 1.82) is 0 Å². The zero-order valence-corrected chi connectivity index (χ0v) is 19.4. The minimum absolute atomic E-state index is 0.0758. The third-order valence-electron chi connectivity index (χ3n) is 6.56. The summed E-state index contributed by atoms with van der Waals surface area (Å²) in [4.78, 5) is 43.3. The van der Waals surface area contributed by atoms with Gasteiger partial charge in [-0.25, -0.2) is 4.39 Å². The van der Waals surface area contributed by atoms with Gasteiger partial charge in [0.15, 0.2) is 0 Å². The third-order valence-corrected chi connectivity index (χ3v) is 6.56. The zero-order valence-electron chi connectivity index (χ0n) is 19.4. The number of hydrogen-bond acceptors (Lipinski definition) is 4. The Hall–Kier alpha value is -3.42. The van der Waals surface area contributed by atoms with Gasteiger partial charge in [0, 0.05) is 45.6 Å². The first kappa shape index (κ1) is 23.7. The van der Waals surface area contributed by atoms with Gasteiger partial charge in [-0.2, -0.15) is 0 Å². The second kappa shape index (κ2) is 10.7. The Balaban J connectivity index is 1.29. The van der Waals surface area contributed by atoms with Gasteiger partial charge in [0.05, 0.1) is 18.7 Å². The lowest BCUT2D eigenvalue weighted by Crippen LogP contribution is -2.40. The summed E-state index contributed by atoms with van der Waals surface area (Å²) in [5.41, 5.74) is 1.29. The van der Waals surface area contributed by atoms with E-state index in [0.717, 1.165) is 11.3 Å². The summed E-state index contributed by atoms with van der Waals surface area (Å²) in [6, 6.07) is 13.8. The van der Waals surface area contributed by atoms with E-state index in [9.17, 15) is 18.8 Å². The Labute approximate surface area is 199 Å². The molecule has 3 amide bonds. The molecule has 2 heterocycles. The van der Waals surface area contributed by atoms with Gasteiger partial charge in [-0.05, 0) is 42.7 Å². The third kappa shape index (κ3) is 5.38. The second-order valence-electron chi connectivity index (χ2n) is 8.76. The predicted octanol–water partition coefficient (Wildman–Crippen LogP) is 2.88. The fraction of sp³-hybridized carbons (Fsp3) is 0.423. The lowest BCUT2D eigenvalue weighted by molar-refractivity contribution is -0.136. The second-order valence-corrected chi connectivity index (χ2v) is 8.76. The van der Waals surface area contributed by atoms with Gasteiger partial charge in [0.2, 0.25) is 17.7 Å². The van der Waals surface area contributed by atoms with E-state index in [1.165, 1.54) is 11.0 Å². The normalized spacial score (nSPS) is 18.7. The molecule has 0 bridgehead atoms. The average Bonchev–Trinajstić information content (AvgIpc) is 3.07. The molecule has 0 spiro atoms. The molecule has 1 atom stereocenters. The number of aryl methyl sites for hydroxylation is 1. The highest BCUT2D eigenvalue weighted by molar-refractivity contribution is 6.00. The van der Waals surface area contributed by atoms with Crippen LogP contribution in [0.2, 0.25) is 0 Å². The molecule has 7 nitrogen and oxygen atoms in total. The molecule has 0 saturated carbocycles. The van der Waals surface area contributed by atoms with Crippen LogP contribution in [0.5, 0.6) is 5.75 Å². The smallest absolute Gasteiger partial charge is 0.228 e. The predicted molar refractivity (Wildman–Crippen MR) is 126 cm³/mol. The number of anilines is 1. The maximum atomic E-state index is 14.1. The van der Waals surface area contributed by atoms with E-state index in [1.54, 1.807) is 30.2 Å². The van der Waals surface area contributed by atoms with Crippen LogP contribution >= 0.6 is 0 Å². The molecule has 1 unspecified atom stereocenters. The number of ether oxygens (including phenoxy) is 1. The van der Waals surface area contributed by atoms with E-state index in [1.807, 2.05) is 29.2 Å². The highest BCUT2D eigenvalue weighted by Crippen LogP contribution is 2.28. The van der Waals surface area contributed by atoms with Crippen molar-refractivity contribution in [2.45, 2.75) is 25.7 Å². The molecule has 0 N–H and O–H groups in total. The molecule has 2 fully saturated rings. The van der Waals surface area contributed by atoms with Crippen LogP contribution in [0.25, 0.3) is 0 Å². The number of benzene rings is 2. The van der Waals surface area contributed by atoms with Crippen molar-refractivity contribution in [2.75, 3.05) is 44.7 Å². The van der Waals surface area contributed by atoms with Gasteiger partial charge >= 0.3 is 0 Å². The summed E-state index contributed by atoms with van der Waals surface area (Å²) in [6.45, 7) is 2.25. The van der Waals surface area contributed by atoms with E-state index in [2.05, 4.69) is 0 Å². The molecule has 4 rings (SSSR count). The van der Waals surface area contributed by atoms with Crippen LogP contribution in [0.3, 0.4) is 0 Å². The Morgan fingerprint density at radius 2 is 1.71 bits per heavy atom. The summed E-state index contributed by atoms with van der Waals surface area (Å²) in [5, 5.41) is 0. The maximum absolute atomic E-state index is 14.1. The standard InChI is InChI=1S/C26H30FN3O4/c1-34-21-10-7-19(8-11-21)9-12-24(31)28-13-4-14-29(16-15-28)26(33)20-17-25(32)30(18-20)23-6-3-2-5-22(23)27/h2-3,5-8,10-11,20H,4,9,12-18H2,1H3. The van der Waals surface area contributed by atoms with Crippen molar-refractivity contribution in [3.63, 3.8) is 0 Å². The van der Waals surface area contributed by atoms with Crippen molar-refractivity contribution in [2.24, 2.45) is 5.92 Å². The number of methoxy groups -OCH3 is 1. The SMILES string of the molecule is COc1ccc(CCC(=O)N2CCCN(C(=O)C3CC(=O)N(c4ccccc4F)C3)CC2)cc1. The first-order chi connectivity index (χ1) is 16.5. The van der Waals surface area contributed by atoms with Gasteiger partial charge in [0.1, 0.15) is 11.6 Å². The van der Waals surface area contributed by atoms with Crippen molar-refractivity contribution in [1.82, 2.24) is 9.80 Å². The molecular formula is C26H30FN3O4. The van der Waals surface area contributed by atoms with E-state index >= 15 is 0 Å². The molecule has 8 heteroatoms. The monoisotopic (exact) mass is 467 g/mol. The van der Waals surface area contributed by atoms with E-state index < -0.39 is 11.7 Å². The number of hydrogen-bond donors (Lipinski definition) is 0. The van der Waals surface area contributed by atoms with Gasteiger partial charge in [0.25, 0.3) is 0 Å². The summed E-state index contributed by atoms with van der Waals surface area (Å²) < 4.78 is 19.3.